The molecule has 98 valence electrons. The third-order valence-electron chi connectivity index (χ3n) is 1.85. The van der Waals surface area contributed by atoms with Crippen LogP contribution in [0.1, 0.15) is 10.4 Å². The first-order chi connectivity index (χ1) is 8.21. The SMILES string of the molecule is C=C(Br)COc1ccc(S(=O)(=O)Cl)cc1C(=O)O. The van der Waals surface area contributed by atoms with Crippen LogP contribution in [0.3, 0.4) is 0 Å². The van der Waals surface area contributed by atoms with Crippen LogP contribution in [0.4, 0.5) is 0 Å². The summed E-state index contributed by atoms with van der Waals surface area (Å²) >= 11 is 3.06. The van der Waals surface area contributed by atoms with Crippen molar-refractivity contribution in [2.75, 3.05) is 6.61 Å². The van der Waals surface area contributed by atoms with Crippen LogP contribution in [0.15, 0.2) is 34.2 Å². The molecular weight excluding hydrogens is 348 g/mol. The van der Waals surface area contributed by atoms with E-state index in [1.54, 1.807) is 0 Å². The summed E-state index contributed by atoms with van der Waals surface area (Å²) in [5.41, 5.74) is -0.287. The molecule has 1 aromatic rings. The van der Waals surface area contributed by atoms with E-state index >= 15 is 0 Å². The van der Waals surface area contributed by atoms with Crippen molar-refractivity contribution in [1.82, 2.24) is 0 Å². The maximum atomic E-state index is 11.1. The van der Waals surface area contributed by atoms with Gasteiger partial charge in [-0.05, 0) is 18.2 Å². The van der Waals surface area contributed by atoms with E-state index in [0.717, 1.165) is 6.07 Å². The van der Waals surface area contributed by atoms with Gasteiger partial charge in [-0.15, -0.1) is 0 Å². The lowest BCUT2D eigenvalue weighted by molar-refractivity contribution is 0.0692. The second-order valence-electron chi connectivity index (χ2n) is 3.21. The molecule has 5 nitrogen and oxygen atoms in total. The molecule has 0 radical (unpaired) electrons. The first-order valence-electron chi connectivity index (χ1n) is 4.50. The molecule has 0 fully saturated rings. The number of benzene rings is 1. The Morgan fingerprint density at radius 1 is 1.50 bits per heavy atom. The number of carboxylic acid groups (broad SMARTS) is 1. The van der Waals surface area contributed by atoms with Crippen LogP contribution < -0.4 is 4.74 Å². The molecule has 0 aliphatic carbocycles. The smallest absolute Gasteiger partial charge is 0.339 e. The highest BCUT2D eigenvalue weighted by atomic mass is 79.9. The van der Waals surface area contributed by atoms with E-state index in [2.05, 4.69) is 22.5 Å². The van der Waals surface area contributed by atoms with Gasteiger partial charge in [-0.2, -0.15) is 0 Å². The number of halogens is 2. The zero-order valence-corrected chi connectivity index (χ0v) is 12.0. The van der Waals surface area contributed by atoms with Gasteiger partial charge in [-0.25, -0.2) is 13.2 Å². The fraction of sp³-hybridized carbons (Fsp3) is 0.100. The molecule has 0 saturated heterocycles. The Morgan fingerprint density at radius 3 is 2.56 bits per heavy atom. The van der Waals surface area contributed by atoms with E-state index < -0.39 is 15.0 Å². The minimum Gasteiger partial charge on any atom is -0.487 e. The number of carboxylic acids is 1. The number of aromatic carboxylic acids is 1. The molecule has 0 aromatic heterocycles. The second-order valence-corrected chi connectivity index (χ2v) is 6.89. The van der Waals surface area contributed by atoms with E-state index in [-0.39, 0.29) is 22.8 Å². The predicted octanol–water partition coefficient (Wildman–Crippen LogP) is 2.60. The molecule has 0 aliphatic heterocycles. The Morgan fingerprint density at radius 2 is 2.11 bits per heavy atom. The summed E-state index contributed by atoms with van der Waals surface area (Å²) in [4.78, 5) is 10.7. The molecule has 0 aliphatic rings. The van der Waals surface area contributed by atoms with Crippen molar-refractivity contribution < 1.29 is 23.1 Å². The monoisotopic (exact) mass is 354 g/mol. The summed E-state index contributed by atoms with van der Waals surface area (Å²) in [5, 5.41) is 8.97. The van der Waals surface area contributed by atoms with E-state index in [1.807, 2.05) is 0 Å². The fourth-order valence-corrected chi connectivity index (χ4v) is 2.00. The fourth-order valence-electron chi connectivity index (χ4n) is 1.11. The maximum absolute atomic E-state index is 11.1. The van der Waals surface area contributed by atoms with E-state index in [4.69, 9.17) is 20.5 Å². The van der Waals surface area contributed by atoms with Crippen LogP contribution in [-0.4, -0.2) is 26.1 Å². The number of hydrogen-bond donors (Lipinski definition) is 1. The van der Waals surface area contributed by atoms with Crippen LogP contribution in [0.5, 0.6) is 5.75 Å². The Labute approximate surface area is 117 Å². The van der Waals surface area contributed by atoms with Gasteiger partial charge in [0.25, 0.3) is 9.05 Å². The van der Waals surface area contributed by atoms with Crippen LogP contribution in [0.2, 0.25) is 0 Å². The van der Waals surface area contributed by atoms with Gasteiger partial charge in [0.2, 0.25) is 0 Å². The normalized spacial score (nSPS) is 11.0. The van der Waals surface area contributed by atoms with Crippen LogP contribution in [-0.2, 0) is 9.05 Å². The lowest BCUT2D eigenvalue weighted by Gasteiger charge is -2.09. The molecule has 0 heterocycles. The molecular formula is C10H8BrClO5S. The summed E-state index contributed by atoms with van der Waals surface area (Å²) in [7, 11) is 1.15. The number of carbonyl (C=O) groups is 1. The first kappa shape index (κ1) is 15.0. The van der Waals surface area contributed by atoms with Crippen molar-refractivity contribution in [3.63, 3.8) is 0 Å². The molecule has 0 bridgehead atoms. The molecule has 8 heteroatoms. The minimum atomic E-state index is -3.98. The zero-order valence-electron chi connectivity index (χ0n) is 8.89. The van der Waals surface area contributed by atoms with Crippen molar-refractivity contribution >= 4 is 41.6 Å². The maximum Gasteiger partial charge on any atom is 0.339 e. The summed E-state index contributed by atoms with van der Waals surface area (Å²) in [6.45, 7) is 3.59. The average molecular weight is 356 g/mol. The summed E-state index contributed by atoms with van der Waals surface area (Å²) in [5.74, 6) is -1.28. The zero-order chi connectivity index (χ0) is 13.9. The largest absolute Gasteiger partial charge is 0.487 e. The standard InChI is InChI=1S/C10H8BrClO5S/c1-6(11)5-17-9-3-2-7(18(12,15)16)4-8(9)10(13)14/h2-4H,1,5H2,(H,13,14). The molecule has 1 N–H and O–H groups in total. The molecule has 0 atom stereocenters. The first-order valence-corrected chi connectivity index (χ1v) is 7.60. The molecule has 1 aromatic carbocycles. The van der Waals surface area contributed by atoms with Crippen LogP contribution in [0, 0.1) is 0 Å². The van der Waals surface area contributed by atoms with Crippen molar-refractivity contribution in [2.45, 2.75) is 4.90 Å². The molecule has 18 heavy (non-hydrogen) atoms. The summed E-state index contributed by atoms with van der Waals surface area (Å²) < 4.78 is 27.9. The summed E-state index contributed by atoms with van der Waals surface area (Å²) in [6, 6.07) is 3.34. The quantitative estimate of drug-likeness (QED) is 0.821. The highest BCUT2D eigenvalue weighted by Crippen LogP contribution is 2.25. The van der Waals surface area contributed by atoms with Gasteiger partial charge in [0.1, 0.15) is 17.9 Å². The average Bonchev–Trinajstić information content (AvgIpc) is 2.24. The molecule has 0 saturated carbocycles. The van der Waals surface area contributed by atoms with Gasteiger partial charge in [0, 0.05) is 15.2 Å². The second kappa shape index (κ2) is 5.73. The van der Waals surface area contributed by atoms with Crippen molar-refractivity contribution in [3.05, 3.63) is 34.8 Å². The number of ether oxygens (including phenoxy) is 1. The molecule has 0 unspecified atom stereocenters. The van der Waals surface area contributed by atoms with Crippen molar-refractivity contribution in [1.29, 1.82) is 0 Å². The molecule has 1 rings (SSSR count). The lowest BCUT2D eigenvalue weighted by Crippen LogP contribution is -2.05. The molecule has 0 amide bonds. The van der Waals surface area contributed by atoms with Gasteiger partial charge in [0.05, 0.1) is 4.90 Å². The third-order valence-corrected chi connectivity index (χ3v) is 3.43. The lowest BCUT2D eigenvalue weighted by atomic mass is 10.2. The highest BCUT2D eigenvalue weighted by Gasteiger charge is 2.17. The van der Waals surface area contributed by atoms with Crippen LogP contribution in [0.25, 0.3) is 0 Å². The van der Waals surface area contributed by atoms with Crippen molar-refractivity contribution in [2.24, 2.45) is 0 Å². The minimum absolute atomic E-state index is 0.0344. The Bertz CT molecular complexity index is 596. The predicted molar refractivity (Wildman–Crippen MR) is 70.0 cm³/mol. The Hall–Kier alpha value is -1.05. The topological polar surface area (TPSA) is 80.7 Å². The number of hydrogen-bond acceptors (Lipinski definition) is 4. The van der Waals surface area contributed by atoms with Gasteiger partial charge < -0.3 is 9.84 Å². The van der Waals surface area contributed by atoms with Gasteiger partial charge >= 0.3 is 5.97 Å². The van der Waals surface area contributed by atoms with Crippen molar-refractivity contribution in [3.8, 4) is 5.75 Å². The Balaban J connectivity index is 3.21. The van der Waals surface area contributed by atoms with Crippen LogP contribution >= 0.6 is 26.6 Å². The summed E-state index contributed by atoms with van der Waals surface area (Å²) in [6.07, 6.45) is 0. The Kier molecular flexibility index (Phi) is 4.78. The third kappa shape index (κ3) is 4.01. The number of rotatable bonds is 5. The van der Waals surface area contributed by atoms with Gasteiger partial charge in [-0.1, -0.05) is 22.5 Å². The highest BCUT2D eigenvalue weighted by molar-refractivity contribution is 9.11. The molecule has 0 spiro atoms. The van der Waals surface area contributed by atoms with Gasteiger partial charge in [-0.3, -0.25) is 0 Å². The van der Waals surface area contributed by atoms with E-state index in [9.17, 15) is 13.2 Å². The van der Waals surface area contributed by atoms with Gasteiger partial charge in [0.15, 0.2) is 0 Å². The van der Waals surface area contributed by atoms with E-state index in [1.165, 1.54) is 12.1 Å². The van der Waals surface area contributed by atoms with E-state index in [0.29, 0.717) is 4.48 Å².